The van der Waals surface area contributed by atoms with Gasteiger partial charge in [0.15, 0.2) is 0 Å². The van der Waals surface area contributed by atoms with Crippen LogP contribution < -0.4 is 5.69 Å². The second-order valence-electron chi connectivity index (χ2n) is 7.28. The molecule has 0 radical (unpaired) electrons. The highest BCUT2D eigenvalue weighted by atomic mass is 19.1. The third-order valence-electron chi connectivity index (χ3n) is 4.71. The summed E-state index contributed by atoms with van der Waals surface area (Å²) in [7, 11) is 0. The van der Waals surface area contributed by atoms with Crippen LogP contribution in [0.5, 0.6) is 0 Å². The van der Waals surface area contributed by atoms with Gasteiger partial charge in [-0.15, -0.1) is 0 Å². The van der Waals surface area contributed by atoms with Gasteiger partial charge in [-0.3, -0.25) is 9.47 Å². The van der Waals surface area contributed by atoms with E-state index in [9.17, 15) is 9.18 Å². The Hall–Kier alpha value is -1.88. The molecule has 0 saturated carbocycles. The van der Waals surface area contributed by atoms with E-state index in [1.54, 1.807) is 16.7 Å². The molecule has 23 heavy (non-hydrogen) atoms. The highest BCUT2D eigenvalue weighted by Crippen LogP contribution is 2.27. The Morgan fingerprint density at radius 2 is 1.74 bits per heavy atom. The molecule has 1 aromatic heterocycles. The van der Waals surface area contributed by atoms with E-state index >= 15 is 0 Å². The van der Waals surface area contributed by atoms with Crippen molar-refractivity contribution < 1.29 is 4.39 Å². The minimum Gasteiger partial charge on any atom is -0.306 e. The Bertz CT molecular complexity index is 716. The van der Waals surface area contributed by atoms with E-state index in [0.717, 1.165) is 37.2 Å². The standard InChI is InChI=1S/C18H24FN3O/c1-18(2,3)21-10-8-15(9-11-21)22-12-16(20-17(22)23)13-4-6-14(19)7-5-13/h4-7,12,15H,8-11H2,1-3H3,(H,20,23). The van der Waals surface area contributed by atoms with Gasteiger partial charge in [-0.2, -0.15) is 0 Å². The molecule has 0 bridgehead atoms. The van der Waals surface area contributed by atoms with Gasteiger partial charge < -0.3 is 4.98 Å². The summed E-state index contributed by atoms with van der Waals surface area (Å²) in [6, 6.07) is 6.42. The number of benzene rings is 1. The van der Waals surface area contributed by atoms with Crippen molar-refractivity contribution in [2.75, 3.05) is 13.1 Å². The van der Waals surface area contributed by atoms with Crippen molar-refractivity contribution in [2.45, 2.75) is 45.2 Å². The lowest BCUT2D eigenvalue weighted by atomic mass is 9.98. The molecule has 0 spiro atoms. The van der Waals surface area contributed by atoms with Gasteiger partial charge in [0.1, 0.15) is 5.82 Å². The predicted molar refractivity (Wildman–Crippen MR) is 90.0 cm³/mol. The molecule has 2 heterocycles. The van der Waals surface area contributed by atoms with Crippen LogP contribution in [-0.2, 0) is 0 Å². The van der Waals surface area contributed by atoms with Gasteiger partial charge in [-0.05, 0) is 63.4 Å². The van der Waals surface area contributed by atoms with Crippen molar-refractivity contribution in [1.82, 2.24) is 14.5 Å². The molecule has 2 aromatic rings. The zero-order valence-electron chi connectivity index (χ0n) is 14.0. The molecule has 0 atom stereocenters. The number of imidazole rings is 1. The number of hydrogen-bond acceptors (Lipinski definition) is 2. The summed E-state index contributed by atoms with van der Waals surface area (Å²) in [6.07, 6.45) is 3.81. The molecule has 124 valence electrons. The number of aromatic nitrogens is 2. The minimum absolute atomic E-state index is 0.0847. The van der Waals surface area contributed by atoms with Gasteiger partial charge in [0.05, 0.1) is 5.69 Å². The normalized spacial score (nSPS) is 17.6. The largest absolute Gasteiger partial charge is 0.326 e. The number of nitrogens with one attached hydrogen (secondary N) is 1. The first-order chi connectivity index (χ1) is 10.8. The second-order valence-corrected chi connectivity index (χ2v) is 7.28. The van der Waals surface area contributed by atoms with Gasteiger partial charge >= 0.3 is 5.69 Å². The molecule has 0 unspecified atom stereocenters. The lowest BCUT2D eigenvalue weighted by molar-refractivity contribution is 0.0891. The number of H-pyrrole nitrogens is 1. The fourth-order valence-corrected chi connectivity index (χ4v) is 3.27. The van der Waals surface area contributed by atoms with E-state index in [1.807, 2.05) is 6.20 Å². The summed E-state index contributed by atoms with van der Waals surface area (Å²) < 4.78 is 14.8. The monoisotopic (exact) mass is 317 g/mol. The zero-order valence-corrected chi connectivity index (χ0v) is 14.0. The molecule has 1 saturated heterocycles. The van der Waals surface area contributed by atoms with Crippen molar-refractivity contribution in [3.05, 3.63) is 46.8 Å². The molecular formula is C18H24FN3O. The van der Waals surface area contributed by atoms with E-state index in [2.05, 4.69) is 30.7 Å². The summed E-state index contributed by atoms with van der Waals surface area (Å²) in [6.45, 7) is 8.67. The molecule has 4 nitrogen and oxygen atoms in total. The van der Waals surface area contributed by atoms with Crippen LogP contribution in [0.2, 0.25) is 0 Å². The molecule has 1 aromatic carbocycles. The third kappa shape index (κ3) is 3.39. The average Bonchev–Trinajstić information content (AvgIpc) is 2.89. The molecular weight excluding hydrogens is 293 g/mol. The quantitative estimate of drug-likeness (QED) is 0.922. The molecule has 5 heteroatoms. The highest BCUT2D eigenvalue weighted by molar-refractivity contribution is 5.57. The molecule has 0 amide bonds. The summed E-state index contributed by atoms with van der Waals surface area (Å²) in [4.78, 5) is 17.6. The van der Waals surface area contributed by atoms with Crippen molar-refractivity contribution >= 4 is 0 Å². The first-order valence-electron chi connectivity index (χ1n) is 8.17. The van der Waals surface area contributed by atoms with Crippen LogP contribution in [-0.4, -0.2) is 33.1 Å². The Kier molecular flexibility index (Phi) is 4.15. The number of piperidine rings is 1. The maximum Gasteiger partial charge on any atom is 0.326 e. The smallest absolute Gasteiger partial charge is 0.306 e. The number of halogens is 1. The summed E-state index contributed by atoms with van der Waals surface area (Å²) in [5.41, 5.74) is 1.66. The lowest BCUT2D eigenvalue weighted by Crippen LogP contribution is -2.47. The molecule has 1 aliphatic rings. The fourth-order valence-electron chi connectivity index (χ4n) is 3.27. The maximum absolute atomic E-state index is 13.0. The number of hydrogen-bond donors (Lipinski definition) is 1. The SMILES string of the molecule is CC(C)(C)N1CCC(n2cc(-c3ccc(F)cc3)[nH]c2=O)CC1. The summed E-state index contributed by atoms with van der Waals surface area (Å²) in [5, 5.41) is 0. The first-order valence-corrected chi connectivity index (χ1v) is 8.17. The van der Waals surface area contributed by atoms with E-state index < -0.39 is 0 Å². The van der Waals surface area contributed by atoms with Gasteiger partial charge in [-0.1, -0.05) is 0 Å². The van der Waals surface area contributed by atoms with Crippen LogP contribution in [0, 0.1) is 5.82 Å². The van der Waals surface area contributed by atoms with Crippen molar-refractivity contribution in [1.29, 1.82) is 0 Å². The third-order valence-corrected chi connectivity index (χ3v) is 4.71. The molecule has 3 rings (SSSR count). The van der Waals surface area contributed by atoms with Gasteiger partial charge in [0, 0.05) is 30.9 Å². The average molecular weight is 317 g/mol. The zero-order chi connectivity index (χ0) is 16.6. The van der Waals surface area contributed by atoms with E-state index in [0.29, 0.717) is 0 Å². The van der Waals surface area contributed by atoms with E-state index in [1.165, 1.54) is 12.1 Å². The Balaban J connectivity index is 1.77. The molecule has 1 fully saturated rings. The molecule has 0 aliphatic carbocycles. The van der Waals surface area contributed by atoms with Crippen LogP contribution >= 0.6 is 0 Å². The highest BCUT2D eigenvalue weighted by Gasteiger charge is 2.28. The van der Waals surface area contributed by atoms with Gasteiger partial charge in [0.25, 0.3) is 0 Å². The molecule has 1 N–H and O–H groups in total. The predicted octanol–water partition coefficient (Wildman–Crippen LogP) is 3.42. The van der Waals surface area contributed by atoms with Crippen LogP contribution in [0.15, 0.2) is 35.3 Å². The van der Waals surface area contributed by atoms with Crippen LogP contribution in [0.1, 0.15) is 39.7 Å². The van der Waals surface area contributed by atoms with Crippen molar-refractivity contribution in [2.24, 2.45) is 0 Å². The summed E-state index contributed by atoms with van der Waals surface area (Å²) >= 11 is 0. The number of rotatable bonds is 2. The Morgan fingerprint density at radius 1 is 1.13 bits per heavy atom. The Labute approximate surface area is 135 Å². The van der Waals surface area contributed by atoms with Gasteiger partial charge in [0.2, 0.25) is 0 Å². The molecule has 1 aliphatic heterocycles. The van der Waals surface area contributed by atoms with Crippen LogP contribution in [0.3, 0.4) is 0 Å². The van der Waals surface area contributed by atoms with Crippen LogP contribution in [0.25, 0.3) is 11.3 Å². The van der Waals surface area contributed by atoms with Crippen molar-refractivity contribution in [3.8, 4) is 11.3 Å². The topological polar surface area (TPSA) is 41.0 Å². The van der Waals surface area contributed by atoms with Crippen molar-refractivity contribution in [3.63, 3.8) is 0 Å². The number of nitrogens with zero attached hydrogens (tertiary/aromatic N) is 2. The Morgan fingerprint density at radius 3 is 2.30 bits per heavy atom. The minimum atomic E-state index is -0.273. The van der Waals surface area contributed by atoms with Gasteiger partial charge in [-0.25, -0.2) is 9.18 Å². The van der Waals surface area contributed by atoms with Crippen LogP contribution in [0.4, 0.5) is 4.39 Å². The summed E-state index contributed by atoms with van der Waals surface area (Å²) in [5.74, 6) is -0.273. The lowest BCUT2D eigenvalue weighted by Gasteiger charge is -2.40. The first kappa shape index (κ1) is 16.0. The maximum atomic E-state index is 13.0. The number of likely N-dealkylation sites (tertiary alicyclic amines) is 1. The van der Waals surface area contributed by atoms with E-state index in [-0.39, 0.29) is 23.1 Å². The number of aromatic amines is 1. The fraction of sp³-hybridized carbons (Fsp3) is 0.500. The second kappa shape index (κ2) is 5.96. The van der Waals surface area contributed by atoms with E-state index in [4.69, 9.17) is 0 Å².